The first-order valence-corrected chi connectivity index (χ1v) is 6.04. The van der Waals surface area contributed by atoms with Crippen molar-refractivity contribution >= 4 is 22.0 Å². The van der Waals surface area contributed by atoms with Gasteiger partial charge in [-0.1, -0.05) is 0 Å². The van der Waals surface area contributed by atoms with Gasteiger partial charge in [0.1, 0.15) is 10.9 Å². The lowest BCUT2D eigenvalue weighted by molar-refractivity contribution is 0.899. The van der Waals surface area contributed by atoms with E-state index in [2.05, 4.69) is 25.2 Å². The Morgan fingerprint density at radius 1 is 1.53 bits per heavy atom. The number of nitrogens with two attached hydrogens (primary N) is 1. The number of hydrogen-bond donors (Lipinski definition) is 2. The van der Waals surface area contributed by atoms with Crippen LogP contribution in [0.15, 0.2) is 0 Å². The third kappa shape index (κ3) is 1.93. The van der Waals surface area contributed by atoms with Gasteiger partial charge in [0, 0.05) is 11.6 Å². The number of nitriles is 1. The molecule has 2 rings (SSSR count). The summed E-state index contributed by atoms with van der Waals surface area (Å²) in [6.45, 7) is 4.19. The average Bonchev–Trinajstić information content (AvgIpc) is 2.93. The highest BCUT2D eigenvalue weighted by atomic mass is 32.1. The molecule has 0 atom stereocenters. The molecule has 4 heteroatoms. The van der Waals surface area contributed by atoms with E-state index in [-0.39, 0.29) is 0 Å². The van der Waals surface area contributed by atoms with Crippen LogP contribution in [0, 0.1) is 11.3 Å². The molecule has 0 spiro atoms. The van der Waals surface area contributed by atoms with Crippen molar-refractivity contribution in [1.82, 2.24) is 0 Å². The summed E-state index contributed by atoms with van der Waals surface area (Å²) in [6, 6.07) is 2.55. The summed E-state index contributed by atoms with van der Waals surface area (Å²) in [4.78, 5) is 0.653. The largest absolute Gasteiger partial charge is 0.397 e. The minimum absolute atomic E-state index is 0.382. The zero-order chi connectivity index (χ0) is 11.0. The number of anilines is 2. The fourth-order valence-electron chi connectivity index (χ4n) is 1.69. The quantitative estimate of drug-likeness (QED) is 0.825. The van der Waals surface area contributed by atoms with E-state index in [0.29, 0.717) is 22.5 Å². The third-order valence-corrected chi connectivity index (χ3v) is 3.55. The summed E-state index contributed by atoms with van der Waals surface area (Å²) >= 11 is 1.49. The normalized spacial score (nSPS) is 15.3. The lowest BCUT2D eigenvalue weighted by Gasteiger charge is -2.09. The van der Waals surface area contributed by atoms with E-state index in [9.17, 15) is 0 Å². The predicted molar refractivity (Wildman–Crippen MR) is 64.2 cm³/mol. The van der Waals surface area contributed by atoms with Gasteiger partial charge in [-0.2, -0.15) is 5.26 Å². The summed E-state index contributed by atoms with van der Waals surface area (Å²) < 4.78 is 0. The molecule has 1 aliphatic carbocycles. The van der Waals surface area contributed by atoms with Gasteiger partial charge in [-0.15, -0.1) is 11.3 Å². The van der Waals surface area contributed by atoms with Gasteiger partial charge in [0.05, 0.1) is 10.7 Å². The van der Waals surface area contributed by atoms with Crippen molar-refractivity contribution in [3.8, 4) is 6.07 Å². The molecule has 1 aliphatic rings. The average molecular weight is 221 g/mol. The molecule has 0 aromatic carbocycles. The van der Waals surface area contributed by atoms with Crippen LogP contribution in [-0.4, -0.2) is 6.04 Å². The highest BCUT2D eigenvalue weighted by Crippen LogP contribution is 2.50. The van der Waals surface area contributed by atoms with Crippen molar-refractivity contribution in [2.24, 2.45) is 0 Å². The smallest absolute Gasteiger partial charge is 0.130 e. The second-order valence-electron chi connectivity index (χ2n) is 4.27. The van der Waals surface area contributed by atoms with Gasteiger partial charge in [0.15, 0.2) is 0 Å². The Balaban J connectivity index is 2.39. The predicted octanol–water partition coefficient (Wildman–Crippen LogP) is 2.90. The van der Waals surface area contributed by atoms with Crippen LogP contribution in [-0.2, 0) is 0 Å². The molecule has 3 N–H and O–H groups in total. The Labute approximate surface area is 93.9 Å². The molecule has 1 fully saturated rings. The molecule has 0 unspecified atom stereocenters. The standard InChI is InChI=1S/C11H15N3S/c1-6(2)14-11-9(7-3-4-7)10(13)8(5-12)15-11/h6-7,14H,3-4,13H2,1-2H3. The summed E-state index contributed by atoms with van der Waals surface area (Å²) in [5.41, 5.74) is 7.87. The molecule has 0 saturated heterocycles. The summed E-state index contributed by atoms with van der Waals surface area (Å²) in [5, 5.41) is 13.4. The molecule has 80 valence electrons. The van der Waals surface area contributed by atoms with Gasteiger partial charge in [-0.05, 0) is 32.6 Å². The van der Waals surface area contributed by atoms with Crippen LogP contribution in [0.5, 0.6) is 0 Å². The van der Waals surface area contributed by atoms with Gasteiger partial charge in [-0.25, -0.2) is 0 Å². The fourth-order valence-corrected chi connectivity index (χ4v) is 2.84. The molecular formula is C11H15N3S. The zero-order valence-corrected chi connectivity index (χ0v) is 9.82. The van der Waals surface area contributed by atoms with Crippen LogP contribution < -0.4 is 11.1 Å². The van der Waals surface area contributed by atoms with Gasteiger partial charge in [-0.3, -0.25) is 0 Å². The molecule has 1 aromatic heterocycles. The van der Waals surface area contributed by atoms with E-state index in [1.165, 1.54) is 29.7 Å². The molecule has 0 aliphatic heterocycles. The molecule has 1 saturated carbocycles. The monoisotopic (exact) mass is 221 g/mol. The van der Waals surface area contributed by atoms with Crippen LogP contribution >= 0.6 is 11.3 Å². The number of hydrogen-bond acceptors (Lipinski definition) is 4. The highest BCUT2D eigenvalue weighted by molar-refractivity contribution is 7.17. The lowest BCUT2D eigenvalue weighted by Crippen LogP contribution is -2.09. The Morgan fingerprint density at radius 3 is 2.67 bits per heavy atom. The molecule has 3 nitrogen and oxygen atoms in total. The van der Waals surface area contributed by atoms with Crippen molar-refractivity contribution in [2.45, 2.75) is 38.6 Å². The fraction of sp³-hybridized carbons (Fsp3) is 0.545. The first kappa shape index (κ1) is 10.3. The second kappa shape index (κ2) is 3.74. The van der Waals surface area contributed by atoms with Crippen LogP contribution in [0.3, 0.4) is 0 Å². The topological polar surface area (TPSA) is 61.8 Å². The number of thiophene rings is 1. The third-order valence-electron chi connectivity index (χ3n) is 2.49. The van der Waals surface area contributed by atoms with Crippen molar-refractivity contribution in [1.29, 1.82) is 5.26 Å². The molecule has 0 bridgehead atoms. The minimum Gasteiger partial charge on any atom is -0.397 e. The van der Waals surface area contributed by atoms with E-state index < -0.39 is 0 Å². The van der Waals surface area contributed by atoms with E-state index in [1.54, 1.807) is 0 Å². The molecule has 0 radical (unpaired) electrons. The van der Waals surface area contributed by atoms with Gasteiger partial charge in [0.2, 0.25) is 0 Å². The summed E-state index contributed by atoms with van der Waals surface area (Å²) in [5.74, 6) is 0.588. The van der Waals surface area contributed by atoms with Crippen molar-refractivity contribution in [3.05, 3.63) is 10.4 Å². The van der Waals surface area contributed by atoms with Crippen LogP contribution in [0.2, 0.25) is 0 Å². The van der Waals surface area contributed by atoms with E-state index >= 15 is 0 Å². The lowest BCUT2D eigenvalue weighted by atomic mass is 10.1. The van der Waals surface area contributed by atoms with Crippen LogP contribution in [0.25, 0.3) is 0 Å². The van der Waals surface area contributed by atoms with Crippen molar-refractivity contribution in [2.75, 3.05) is 11.1 Å². The number of nitrogen functional groups attached to an aromatic ring is 1. The maximum absolute atomic E-state index is 8.95. The van der Waals surface area contributed by atoms with Crippen LogP contribution in [0.4, 0.5) is 10.7 Å². The van der Waals surface area contributed by atoms with E-state index in [0.717, 1.165) is 5.00 Å². The second-order valence-corrected chi connectivity index (χ2v) is 5.29. The van der Waals surface area contributed by atoms with E-state index in [1.807, 2.05) is 0 Å². The van der Waals surface area contributed by atoms with Gasteiger partial charge in [0.25, 0.3) is 0 Å². The molecule has 1 heterocycles. The number of nitrogens with zero attached hydrogens (tertiary/aromatic N) is 1. The van der Waals surface area contributed by atoms with Gasteiger partial charge >= 0.3 is 0 Å². The van der Waals surface area contributed by atoms with E-state index in [4.69, 9.17) is 11.0 Å². The first-order valence-electron chi connectivity index (χ1n) is 5.22. The Bertz CT molecular complexity index is 410. The molecule has 15 heavy (non-hydrogen) atoms. The van der Waals surface area contributed by atoms with Crippen LogP contribution in [0.1, 0.15) is 43.0 Å². The zero-order valence-electron chi connectivity index (χ0n) is 9.00. The Morgan fingerprint density at radius 2 is 2.20 bits per heavy atom. The summed E-state index contributed by atoms with van der Waals surface area (Å²) in [6.07, 6.45) is 2.41. The Kier molecular flexibility index (Phi) is 2.57. The number of rotatable bonds is 3. The molecule has 1 aromatic rings. The molecular weight excluding hydrogens is 206 g/mol. The maximum Gasteiger partial charge on any atom is 0.130 e. The van der Waals surface area contributed by atoms with Gasteiger partial charge < -0.3 is 11.1 Å². The SMILES string of the molecule is CC(C)Nc1sc(C#N)c(N)c1C1CC1. The summed E-state index contributed by atoms with van der Waals surface area (Å²) in [7, 11) is 0. The van der Waals surface area contributed by atoms with Crippen molar-refractivity contribution < 1.29 is 0 Å². The first-order chi connectivity index (χ1) is 7.13. The molecule has 0 amide bonds. The van der Waals surface area contributed by atoms with Crippen molar-refractivity contribution in [3.63, 3.8) is 0 Å². The highest BCUT2D eigenvalue weighted by Gasteiger charge is 2.31. The minimum atomic E-state index is 0.382. The maximum atomic E-state index is 8.95. The number of nitrogens with one attached hydrogen (secondary N) is 1. The Hall–Kier alpha value is -1.21.